The summed E-state index contributed by atoms with van der Waals surface area (Å²) in [6.07, 6.45) is 1.97. The zero-order valence-corrected chi connectivity index (χ0v) is 10.6. The first-order chi connectivity index (χ1) is 8.63. The van der Waals surface area contributed by atoms with Gasteiger partial charge < -0.3 is 9.47 Å². The third-order valence-electron chi connectivity index (χ3n) is 2.98. The molecule has 92 valence electrons. The summed E-state index contributed by atoms with van der Waals surface area (Å²) in [5.74, 6) is -0.0621. The van der Waals surface area contributed by atoms with Gasteiger partial charge in [-0.2, -0.15) is 5.26 Å². The standard InChI is InChI=1S/C14H15N3O/c1-16(9-11(18)7-8-15)14-10-17(2)13-6-4-3-5-12(13)14/h3-6,10H,7,9H2,1-2H3. The first kappa shape index (κ1) is 12.2. The van der Waals surface area contributed by atoms with Crippen molar-refractivity contribution in [2.45, 2.75) is 6.42 Å². The van der Waals surface area contributed by atoms with E-state index in [2.05, 4.69) is 0 Å². The second-order valence-corrected chi connectivity index (χ2v) is 4.37. The molecule has 18 heavy (non-hydrogen) atoms. The summed E-state index contributed by atoms with van der Waals surface area (Å²) < 4.78 is 2.04. The molecule has 1 aromatic carbocycles. The number of benzene rings is 1. The highest BCUT2D eigenvalue weighted by atomic mass is 16.1. The summed E-state index contributed by atoms with van der Waals surface area (Å²) in [4.78, 5) is 13.4. The minimum absolute atomic E-state index is 0.0326. The smallest absolute Gasteiger partial charge is 0.166 e. The van der Waals surface area contributed by atoms with Gasteiger partial charge in [-0.05, 0) is 6.07 Å². The molecule has 0 N–H and O–H groups in total. The van der Waals surface area contributed by atoms with Crippen molar-refractivity contribution in [2.75, 3.05) is 18.5 Å². The molecule has 4 heteroatoms. The molecule has 2 rings (SSSR count). The number of anilines is 1. The molecular formula is C14H15N3O. The van der Waals surface area contributed by atoms with E-state index in [4.69, 9.17) is 5.26 Å². The summed E-state index contributed by atoms with van der Waals surface area (Å²) in [6.45, 7) is 0.265. The lowest BCUT2D eigenvalue weighted by atomic mass is 10.2. The van der Waals surface area contributed by atoms with Gasteiger partial charge >= 0.3 is 0 Å². The number of rotatable bonds is 4. The second-order valence-electron chi connectivity index (χ2n) is 4.37. The molecular weight excluding hydrogens is 226 g/mol. The molecule has 0 aliphatic rings. The van der Waals surface area contributed by atoms with Crippen molar-refractivity contribution in [3.63, 3.8) is 0 Å². The molecule has 0 spiro atoms. The lowest BCUT2D eigenvalue weighted by Gasteiger charge is -2.16. The van der Waals surface area contributed by atoms with Crippen molar-refractivity contribution in [3.05, 3.63) is 30.5 Å². The van der Waals surface area contributed by atoms with E-state index >= 15 is 0 Å². The van der Waals surface area contributed by atoms with Crippen molar-refractivity contribution >= 4 is 22.4 Å². The number of carbonyl (C=O) groups is 1. The van der Waals surface area contributed by atoms with Crippen LogP contribution in [0.5, 0.6) is 0 Å². The summed E-state index contributed by atoms with van der Waals surface area (Å²) in [5.41, 5.74) is 2.14. The van der Waals surface area contributed by atoms with Gasteiger partial charge in [0.25, 0.3) is 0 Å². The van der Waals surface area contributed by atoms with Crippen LogP contribution in [0.3, 0.4) is 0 Å². The van der Waals surface area contributed by atoms with Gasteiger partial charge in [0.2, 0.25) is 0 Å². The summed E-state index contributed by atoms with van der Waals surface area (Å²) in [7, 11) is 3.85. The minimum atomic E-state index is -0.0621. The Morgan fingerprint density at radius 2 is 2.17 bits per heavy atom. The highest BCUT2D eigenvalue weighted by Crippen LogP contribution is 2.27. The van der Waals surface area contributed by atoms with Gasteiger partial charge in [0, 0.05) is 31.2 Å². The number of likely N-dealkylation sites (N-methyl/N-ethyl adjacent to an activating group) is 1. The van der Waals surface area contributed by atoms with E-state index < -0.39 is 0 Å². The van der Waals surface area contributed by atoms with E-state index in [1.54, 1.807) is 0 Å². The Morgan fingerprint density at radius 3 is 2.89 bits per heavy atom. The zero-order valence-electron chi connectivity index (χ0n) is 10.6. The third-order valence-corrected chi connectivity index (χ3v) is 2.98. The van der Waals surface area contributed by atoms with E-state index in [0.29, 0.717) is 0 Å². The van der Waals surface area contributed by atoms with E-state index in [1.165, 1.54) is 0 Å². The summed E-state index contributed by atoms with van der Waals surface area (Å²) in [6, 6.07) is 9.94. The van der Waals surface area contributed by atoms with E-state index in [9.17, 15) is 4.79 Å². The Balaban J connectivity index is 2.31. The predicted octanol–water partition coefficient (Wildman–Crippen LogP) is 2.10. The number of aryl methyl sites for hydroxylation is 1. The van der Waals surface area contributed by atoms with Crippen LogP contribution in [0, 0.1) is 11.3 Å². The van der Waals surface area contributed by atoms with Crippen molar-refractivity contribution < 1.29 is 4.79 Å². The molecule has 0 atom stereocenters. The van der Waals surface area contributed by atoms with Gasteiger partial charge in [0.05, 0.1) is 24.7 Å². The predicted molar refractivity (Wildman–Crippen MR) is 71.4 cm³/mol. The molecule has 0 amide bonds. The summed E-state index contributed by atoms with van der Waals surface area (Å²) in [5, 5.41) is 9.62. The normalized spacial score (nSPS) is 10.3. The van der Waals surface area contributed by atoms with Crippen LogP contribution in [0.15, 0.2) is 30.5 Å². The molecule has 0 saturated heterocycles. The molecule has 0 radical (unpaired) electrons. The van der Waals surface area contributed by atoms with Crippen molar-refractivity contribution in [2.24, 2.45) is 7.05 Å². The molecule has 4 nitrogen and oxygen atoms in total. The molecule has 0 fully saturated rings. The number of hydrogen-bond donors (Lipinski definition) is 0. The van der Waals surface area contributed by atoms with Crippen LogP contribution in [-0.4, -0.2) is 23.9 Å². The van der Waals surface area contributed by atoms with E-state index in [1.807, 2.05) is 60.1 Å². The van der Waals surface area contributed by atoms with Crippen LogP contribution in [0.1, 0.15) is 6.42 Å². The molecule has 0 unspecified atom stereocenters. The van der Waals surface area contributed by atoms with Crippen molar-refractivity contribution in [1.82, 2.24) is 4.57 Å². The second kappa shape index (κ2) is 4.92. The third kappa shape index (κ3) is 2.21. The Kier molecular flexibility index (Phi) is 3.33. The lowest BCUT2D eigenvalue weighted by Crippen LogP contribution is -2.24. The first-order valence-electron chi connectivity index (χ1n) is 5.77. The van der Waals surface area contributed by atoms with Crippen LogP contribution in [0.2, 0.25) is 0 Å². The van der Waals surface area contributed by atoms with E-state index in [0.717, 1.165) is 16.6 Å². The molecule has 0 aliphatic carbocycles. The molecule has 1 heterocycles. The largest absolute Gasteiger partial charge is 0.365 e. The highest BCUT2D eigenvalue weighted by Gasteiger charge is 2.12. The average molecular weight is 241 g/mol. The van der Waals surface area contributed by atoms with Gasteiger partial charge in [-0.1, -0.05) is 18.2 Å². The SMILES string of the molecule is CN(CC(=O)CC#N)c1cn(C)c2ccccc12. The van der Waals surface area contributed by atoms with Gasteiger partial charge in [-0.15, -0.1) is 0 Å². The minimum Gasteiger partial charge on any atom is -0.365 e. The van der Waals surface area contributed by atoms with Crippen molar-refractivity contribution in [3.8, 4) is 6.07 Å². The van der Waals surface area contributed by atoms with E-state index in [-0.39, 0.29) is 18.7 Å². The van der Waals surface area contributed by atoms with Gasteiger partial charge in [-0.3, -0.25) is 4.79 Å². The van der Waals surface area contributed by atoms with Gasteiger partial charge in [0.15, 0.2) is 5.78 Å². The number of nitriles is 1. The van der Waals surface area contributed by atoms with Crippen LogP contribution < -0.4 is 4.90 Å². The first-order valence-corrected chi connectivity index (χ1v) is 5.77. The zero-order chi connectivity index (χ0) is 13.1. The number of nitrogens with zero attached hydrogens (tertiary/aromatic N) is 3. The van der Waals surface area contributed by atoms with Crippen LogP contribution in [0.25, 0.3) is 10.9 Å². The maximum absolute atomic E-state index is 11.5. The van der Waals surface area contributed by atoms with Gasteiger partial charge in [-0.25, -0.2) is 0 Å². The Labute approximate surface area is 106 Å². The number of ketones is 1. The fraction of sp³-hybridized carbons (Fsp3) is 0.286. The number of Topliss-reactive ketones (excluding diaryl/α,β-unsaturated/α-hetero) is 1. The quantitative estimate of drug-likeness (QED) is 0.823. The summed E-state index contributed by atoms with van der Waals surface area (Å²) >= 11 is 0. The number of fused-ring (bicyclic) bond motifs is 1. The Morgan fingerprint density at radius 1 is 1.44 bits per heavy atom. The number of para-hydroxylation sites is 1. The molecule has 0 bridgehead atoms. The van der Waals surface area contributed by atoms with Gasteiger partial charge in [0.1, 0.15) is 0 Å². The monoisotopic (exact) mass is 241 g/mol. The Hall–Kier alpha value is -2.28. The topological polar surface area (TPSA) is 49.0 Å². The lowest BCUT2D eigenvalue weighted by molar-refractivity contribution is -0.116. The fourth-order valence-electron chi connectivity index (χ4n) is 2.12. The molecule has 0 aliphatic heterocycles. The Bertz CT molecular complexity index is 621. The molecule has 0 saturated carbocycles. The average Bonchev–Trinajstić information content (AvgIpc) is 2.68. The highest BCUT2D eigenvalue weighted by molar-refractivity contribution is 5.95. The molecule has 2 aromatic rings. The molecule has 1 aromatic heterocycles. The van der Waals surface area contributed by atoms with Crippen LogP contribution in [0.4, 0.5) is 5.69 Å². The fourth-order valence-corrected chi connectivity index (χ4v) is 2.12. The van der Waals surface area contributed by atoms with Crippen molar-refractivity contribution in [1.29, 1.82) is 5.26 Å². The van der Waals surface area contributed by atoms with Crippen LogP contribution >= 0.6 is 0 Å². The maximum atomic E-state index is 11.5. The number of carbonyl (C=O) groups excluding carboxylic acids is 1. The maximum Gasteiger partial charge on any atom is 0.166 e. The van der Waals surface area contributed by atoms with Crippen LogP contribution in [-0.2, 0) is 11.8 Å². The number of hydrogen-bond acceptors (Lipinski definition) is 3. The number of aromatic nitrogens is 1.